The Bertz CT molecular complexity index is 512. The molecular formula is C9H15N5O2. The van der Waals surface area contributed by atoms with Gasteiger partial charge >= 0.3 is 5.69 Å². The standard InChI is InChI=1S/C9H15N5O2/c1-12-8(15)7(11-13(2)9(12)16)14-4-6(3-10)5-14/h6H,3-5,10H2,1-2H3. The molecule has 0 aromatic carbocycles. The van der Waals surface area contributed by atoms with Crippen molar-refractivity contribution in [2.75, 3.05) is 24.5 Å². The monoisotopic (exact) mass is 225 g/mol. The van der Waals surface area contributed by atoms with Gasteiger partial charge in [0.05, 0.1) is 0 Å². The van der Waals surface area contributed by atoms with Crippen LogP contribution in [0.4, 0.5) is 5.82 Å². The third kappa shape index (κ3) is 1.53. The summed E-state index contributed by atoms with van der Waals surface area (Å²) < 4.78 is 2.24. The highest BCUT2D eigenvalue weighted by atomic mass is 16.2. The predicted molar refractivity (Wildman–Crippen MR) is 59.5 cm³/mol. The van der Waals surface area contributed by atoms with Crippen molar-refractivity contribution in [3.63, 3.8) is 0 Å². The molecule has 0 atom stereocenters. The number of hydrogen-bond donors (Lipinski definition) is 1. The third-order valence-corrected chi connectivity index (χ3v) is 2.89. The number of anilines is 1. The molecule has 0 amide bonds. The van der Waals surface area contributed by atoms with Crippen LogP contribution in [0.2, 0.25) is 0 Å². The molecule has 7 heteroatoms. The van der Waals surface area contributed by atoms with Gasteiger partial charge in [-0.1, -0.05) is 0 Å². The molecule has 0 radical (unpaired) electrons. The summed E-state index contributed by atoms with van der Waals surface area (Å²) in [6.45, 7) is 2.08. The molecule has 0 unspecified atom stereocenters. The minimum atomic E-state index is -0.412. The maximum absolute atomic E-state index is 11.8. The third-order valence-electron chi connectivity index (χ3n) is 2.89. The van der Waals surface area contributed by atoms with E-state index in [1.807, 2.05) is 4.90 Å². The van der Waals surface area contributed by atoms with E-state index >= 15 is 0 Å². The second kappa shape index (κ2) is 3.75. The van der Waals surface area contributed by atoms with Crippen molar-refractivity contribution in [2.45, 2.75) is 0 Å². The van der Waals surface area contributed by atoms with Crippen molar-refractivity contribution in [1.29, 1.82) is 0 Å². The summed E-state index contributed by atoms with van der Waals surface area (Å²) in [6, 6.07) is 0. The van der Waals surface area contributed by atoms with Gasteiger partial charge in [0, 0.05) is 33.1 Å². The lowest BCUT2D eigenvalue weighted by Crippen LogP contribution is -2.54. The van der Waals surface area contributed by atoms with Crippen molar-refractivity contribution in [3.05, 3.63) is 20.8 Å². The van der Waals surface area contributed by atoms with Gasteiger partial charge < -0.3 is 10.6 Å². The molecule has 0 saturated carbocycles. The Hall–Kier alpha value is -1.63. The summed E-state index contributed by atoms with van der Waals surface area (Å²) in [6.07, 6.45) is 0. The van der Waals surface area contributed by atoms with Gasteiger partial charge in [-0.05, 0) is 6.54 Å². The first-order chi connectivity index (χ1) is 7.54. The van der Waals surface area contributed by atoms with E-state index in [9.17, 15) is 9.59 Å². The average Bonchev–Trinajstić information content (AvgIpc) is 2.21. The molecule has 1 saturated heterocycles. The number of aromatic nitrogens is 3. The molecule has 1 aromatic rings. The lowest BCUT2D eigenvalue weighted by atomic mass is 10.0. The highest BCUT2D eigenvalue weighted by Gasteiger charge is 2.29. The zero-order valence-corrected chi connectivity index (χ0v) is 9.38. The maximum atomic E-state index is 11.8. The molecule has 0 aliphatic carbocycles. The zero-order valence-electron chi connectivity index (χ0n) is 9.38. The van der Waals surface area contributed by atoms with Gasteiger partial charge in [-0.3, -0.25) is 9.36 Å². The van der Waals surface area contributed by atoms with E-state index in [1.54, 1.807) is 0 Å². The van der Waals surface area contributed by atoms with E-state index in [4.69, 9.17) is 5.73 Å². The van der Waals surface area contributed by atoms with Crippen molar-refractivity contribution in [3.8, 4) is 0 Å². The second-order valence-corrected chi connectivity index (χ2v) is 4.10. The molecule has 0 spiro atoms. The van der Waals surface area contributed by atoms with Crippen LogP contribution in [0.5, 0.6) is 0 Å². The van der Waals surface area contributed by atoms with Crippen molar-refractivity contribution >= 4 is 5.82 Å². The zero-order chi connectivity index (χ0) is 11.9. The minimum absolute atomic E-state index is 0.328. The largest absolute Gasteiger partial charge is 0.350 e. The number of rotatable bonds is 2. The normalized spacial score (nSPS) is 16.3. The van der Waals surface area contributed by atoms with Crippen LogP contribution in [0.25, 0.3) is 0 Å². The van der Waals surface area contributed by atoms with Crippen LogP contribution in [0, 0.1) is 5.92 Å². The van der Waals surface area contributed by atoms with Gasteiger partial charge in [0.25, 0.3) is 5.56 Å². The van der Waals surface area contributed by atoms with Gasteiger partial charge in [0.15, 0.2) is 0 Å². The molecule has 16 heavy (non-hydrogen) atoms. The lowest BCUT2D eigenvalue weighted by Gasteiger charge is -2.38. The highest BCUT2D eigenvalue weighted by molar-refractivity contribution is 5.38. The van der Waals surface area contributed by atoms with E-state index in [0.29, 0.717) is 18.3 Å². The van der Waals surface area contributed by atoms with E-state index in [2.05, 4.69) is 5.10 Å². The SMILES string of the molecule is Cn1nc(N2CC(CN)C2)c(=O)n(C)c1=O. The average molecular weight is 225 g/mol. The smallest absolute Gasteiger partial charge is 0.346 e. The fourth-order valence-corrected chi connectivity index (χ4v) is 1.77. The summed E-state index contributed by atoms with van der Waals surface area (Å²) in [5.74, 6) is 0.748. The van der Waals surface area contributed by atoms with Gasteiger partial charge in [-0.25, -0.2) is 9.48 Å². The number of hydrogen-bond acceptors (Lipinski definition) is 5. The molecule has 1 aliphatic heterocycles. The van der Waals surface area contributed by atoms with Gasteiger partial charge in [-0.2, -0.15) is 0 Å². The minimum Gasteiger partial charge on any atom is -0.350 e. The molecule has 1 aliphatic rings. The predicted octanol–water partition coefficient (Wildman–Crippen LogP) is -2.13. The van der Waals surface area contributed by atoms with Gasteiger partial charge in [0.2, 0.25) is 5.82 Å². The first-order valence-corrected chi connectivity index (χ1v) is 5.14. The number of nitrogens with zero attached hydrogens (tertiary/aromatic N) is 4. The van der Waals surface area contributed by atoms with E-state index in [-0.39, 0.29) is 5.56 Å². The van der Waals surface area contributed by atoms with Gasteiger partial charge in [-0.15, -0.1) is 5.10 Å². The maximum Gasteiger partial charge on any atom is 0.346 e. The Kier molecular flexibility index (Phi) is 2.55. The van der Waals surface area contributed by atoms with Gasteiger partial charge in [0.1, 0.15) is 0 Å². The molecule has 2 heterocycles. The summed E-state index contributed by atoms with van der Waals surface area (Å²) in [5, 5.41) is 3.98. The quantitative estimate of drug-likeness (QED) is 0.621. The van der Waals surface area contributed by atoms with Crippen LogP contribution >= 0.6 is 0 Å². The first kappa shape index (κ1) is 10.9. The summed E-state index contributed by atoms with van der Waals surface area (Å²) in [5.41, 5.74) is 4.75. The molecule has 7 nitrogen and oxygen atoms in total. The van der Waals surface area contributed by atoms with Crippen molar-refractivity contribution in [1.82, 2.24) is 14.3 Å². The Morgan fingerprint density at radius 2 is 2.00 bits per heavy atom. The Morgan fingerprint density at radius 3 is 2.56 bits per heavy atom. The van der Waals surface area contributed by atoms with Crippen LogP contribution in [-0.2, 0) is 14.1 Å². The van der Waals surface area contributed by atoms with Crippen molar-refractivity contribution < 1.29 is 0 Å². The van der Waals surface area contributed by atoms with Crippen LogP contribution in [0.3, 0.4) is 0 Å². The molecule has 1 fully saturated rings. The summed E-state index contributed by atoms with van der Waals surface area (Å²) in [4.78, 5) is 25.0. The fourth-order valence-electron chi connectivity index (χ4n) is 1.77. The first-order valence-electron chi connectivity index (χ1n) is 5.14. The topological polar surface area (TPSA) is 86.2 Å². The van der Waals surface area contributed by atoms with E-state index in [0.717, 1.165) is 17.7 Å². The summed E-state index contributed by atoms with van der Waals surface area (Å²) >= 11 is 0. The van der Waals surface area contributed by atoms with Crippen LogP contribution in [0.1, 0.15) is 0 Å². The summed E-state index contributed by atoms with van der Waals surface area (Å²) in [7, 11) is 2.99. The lowest BCUT2D eigenvalue weighted by molar-refractivity contribution is 0.408. The molecule has 2 rings (SSSR count). The van der Waals surface area contributed by atoms with Crippen molar-refractivity contribution in [2.24, 2.45) is 25.7 Å². The Labute approximate surface area is 92.1 Å². The fraction of sp³-hybridized carbons (Fsp3) is 0.667. The van der Waals surface area contributed by atoms with Crippen LogP contribution in [0.15, 0.2) is 9.59 Å². The Balaban J connectivity index is 2.37. The van der Waals surface area contributed by atoms with Crippen LogP contribution in [-0.4, -0.2) is 34.0 Å². The molecule has 88 valence electrons. The molecular weight excluding hydrogens is 210 g/mol. The molecule has 2 N–H and O–H groups in total. The van der Waals surface area contributed by atoms with E-state index in [1.165, 1.54) is 18.8 Å². The molecule has 0 bridgehead atoms. The highest BCUT2D eigenvalue weighted by Crippen LogP contribution is 2.17. The van der Waals surface area contributed by atoms with Crippen LogP contribution < -0.4 is 21.9 Å². The molecule has 1 aromatic heterocycles. The number of nitrogens with two attached hydrogens (primary N) is 1. The second-order valence-electron chi connectivity index (χ2n) is 4.10. The van der Waals surface area contributed by atoms with E-state index < -0.39 is 5.69 Å². The number of aryl methyl sites for hydroxylation is 1. The Morgan fingerprint density at radius 1 is 1.38 bits per heavy atom.